The highest BCUT2D eigenvalue weighted by atomic mass is 35.5. The minimum Gasteiger partial charge on any atom is -0.364 e. The average Bonchev–Trinajstić information content (AvgIpc) is 3.46. The summed E-state index contributed by atoms with van der Waals surface area (Å²) in [5.41, 5.74) is 1.79. The van der Waals surface area contributed by atoms with Crippen LogP contribution in [0.2, 0.25) is 5.28 Å². The van der Waals surface area contributed by atoms with E-state index in [4.69, 9.17) is 20.9 Å². The van der Waals surface area contributed by atoms with Crippen molar-refractivity contribution in [2.75, 3.05) is 10.0 Å². The molecule has 6 rings (SSSR count). The van der Waals surface area contributed by atoms with Gasteiger partial charge in [0.05, 0.1) is 17.5 Å². The van der Waals surface area contributed by atoms with Gasteiger partial charge in [0.25, 0.3) is 0 Å². The molecule has 0 spiro atoms. The summed E-state index contributed by atoms with van der Waals surface area (Å²) in [4.78, 5) is 13.6. The highest BCUT2D eigenvalue weighted by Crippen LogP contribution is 2.44. The van der Waals surface area contributed by atoms with Crippen molar-refractivity contribution < 1.29 is 9.26 Å². The van der Waals surface area contributed by atoms with Gasteiger partial charge in [-0.15, -0.1) is 0 Å². The molecule has 2 unspecified atom stereocenters. The SMILES string of the molecule is CC1(C)CCC(c2noc(N3C=NC4c5ccccc5-n5c(cnc5Cl)N43)n2)O1. The lowest BCUT2D eigenvalue weighted by atomic mass is 10.1. The summed E-state index contributed by atoms with van der Waals surface area (Å²) in [7, 11) is 0. The number of anilines is 2. The molecule has 2 atom stereocenters. The van der Waals surface area contributed by atoms with Gasteiger partial charge in [-0.25, -0.2) is 15.0 Å². The minimum atomic E-state index is -0.261. The van der Waals surface area contributed by atoms with Gasteiger partial charge < -0.3 is 9.26 Å². The Bertz CT molecular complexity index is 1140. The zero-order chi connectivity index (χ0) is 19.8. The fourth-order valence-corrected chi connectivity index (χ4v) is 4.41. The average molecular weight is 412 g/mol. The maximum absolute atomic E-state index is 6.38. The number of benzene rings is 1. The Hall–Kier alpha value is -2.91. The van der Waals surface area contributed by atoms with E-state index in [0.717, 1.165) is 29.9 Å². The van der Waals surface area contributed by atoms with Crippen LogP contribution in [0.15, 0.2) is 40.0 Å². The number of nitrogens with zero attached hydrogens (tertiary/aromatic N) is 7. The predicted molar refractivity (Wildman–Crippen MR) is 106 cm³/mol. The van der Waals surface area contributed by atoms with Crippen molar-refractivity contribution in [2.45, 2.75) is 44.6 Å². The number of hydrogen-bond donors (Lipinski definition) is 0. The molecule has 0 bridgehead atoms. The van der Waals surface area contributed by atoms with Crippen LogP contribution < -0.4 is 10.0 Å². The third-order valence-corrected chi connectivity index (χ3v) is 5.82. The number of fused-ring (bicyclic) bond motifs is 6. The van der Waals surface area contributed by atoms with Gasteiger partial charge in [0.1, 0.15) is 12.4 Å². The number of aromatic nitrogens is 4. The Morgan fingerprint density at radius 3 is 2.93 bits per heavy atom. The lowest BCUT2D eigenvalue weighted by Crippen LogP contribution is -2.42. The zero-order valence-electron chi connectivity index (χ0n) is 15.9. The van der Waals surface area contributed by atoms with Crippen molar-refractivity contribution in [3.8, 4) is 5.69 Å². The lowest BCUT2D eigenvalue weighted by Gasteiger charge is -2.35. The normalized spacial score (nSPS) is 24.0. The van der Waals surface area contributed by atoms with Crippen LogP contribution in [-0.4, -0.2) is 31.6 Å². The molecule has 5 heterocycles. The molecule has 0 amide bonds. The summed E-state index contributed by atoms with van der Waals surface area (Å²) in [5.74, 6) is 1.32. The first-order chi connectivity index (χ1) is 14.0. The lowest BCUT2D eigenvalue weighted by molar-refractivity contribution is -0.0207. The van der Waals surface area contributed by atoms with E-state index in [9.17, 15) is 0 Å². The molecule has 9 nitrogen and oxygen atoms in total. The summed E-state index contributed by atoms with van der Waals surface area (Å²) in [6.45, 7) is 4.14. The highest BCUT2D eigenvalue weighted by molar-refractivity contribution is 6.29. The third kappa shape index (κ3) is 2.44. The molecule has 10 heteroatoms. The summed E-state index contributed by atoms with van der Waals surface area (Å²) in [6.07, 6.45) is 4.79. The van der Waals surface area contributed by atoms with Crippen molar-refractivity contribution in [2.24, 2.45) is 4.99 Å². The maximum Gasteiger partial charge on any atom is 0.348 e. The first kappa shape index (κ1) is 17.0. The monoisotopic (exact) mass is 411 g/mol. The van der Waals surface area contributed by atoms with E-state index in [0.29, 0.717) is 17.1 Å². The van der Waals surface area contributed by atoms with Crippen LogP contribution in [0.3, 0.4) is 0 Å². The van der Waals surface area contributed by atoms with Gasteiger partial charge in [-0.05, 0) is 44.4 Å². The quantitative estimate of drug-likeness (QED) is 0.633. The molecule has 0 aliphatic carbocycles. The smallest absolute Gasteiger partial charge is 0.348 e. The standard InChI is InChI=1S/C19H18ClN7O2/c1-19(2)8-7-13(28-19)15-23-18(29-24-15)25-10-22-16-11-5-3-4-6-12(11)26-14(27(16)25)9-21-17(26)20/h3-6,9-10,13,16H,7-8H2,1-2H3. The van der Waals surface area contributed by atoms with Crippen molar-refractivity contribution in [3.05, 3.63) is 47.1 Å². The fraction of sp³-hybridized carbons (Fsp3) is 0.368. The van der Waals surface area contributed by atoms with Crippen LogP contribution in [0.4, 0.5) is 11.8 Å². The molecule has 1 aromatic carbocycles. The van der Waals surface area contributed by atoms with Gasteiger partial charge in [0, 0.05) is 5.56 Å². The van der Waals surface area contributed by atoms with E-state index >= 15 is 0 Å². The summed E-state index contributed by atoms with van der Waals surface area (Å²) in [5, 5.41) is 8.22. The van der Waals surface area contributed by atoms with Gasteiger partial charge in [-0.3, -0.25) is 4.57 Å². The maximum atomic E-state index is 6.38. The molecule has 0 saturated carbocycles. The molecule has 1 saturated heterocycles. The molecule has 3 aromatic rings. The number of halogens is 1. The molecule has 0 radical (unpaired) electrons. The number of rotatable bonds is 2. The van der Waals surface area contributed by atoms with Crippen LogP contribution in [0.5, 0.6) is 0 Å². The number of para-hydroxylation sites is 1. The molecule has 3 aliphatic rings. The second-order valence-electron chi connectivity index (χ2n) is 7.95. The Morgan fingerprint density at radius 2 is 2.10 bits per heavy atom. The summed E-state index contributed by atoms with van der Waals surface area (Å²) in [6, 6.07) is 8.31. The zero-order valence-corrected chi connectivity index (χ0v) is 16.6. The van der Waals surface area contributed by atoms with Crippen LogP contribution in [0.25, 0.3) is 5.69 Å². The Morgan fingerprint density at radius 1 is 1.24 bits per heavy atom. The largest absolute Gasteiger partial charge is 0.364 e. The van der Waals surface area contributed by atoms with E-state index in [2.05, 4.69) is 34.0 Å². The highest BCUT2D eigenvalue weighted by Gasteiger charge is 2.42. The minimum absolute atomic E-state index is 0.167. The molecule has 0 N–H and O–H groups in total. The number of hydrogen-bond acceptors (Lipinski definition) is 8. The first-order valence-corrected chi connectivity index (χ1v) is 9.85. The molecule has 3 aliphatic heterocycles. The first-order valence-electron chi connectivity index (χ1n) is 9.47. The van der Waals surface area contributed by atoms with Crippen LogP contribution in [0.1, 0.15) is 50.3 Å². The van der Waals surface area contributed by atoms with E-state index in [-0.39, 0.29) is 17.9 Å². The van der Waals surface area contributed by atoms with E-state index in [1.807, 2.05) is 33.8 Å². The molecule has 29 heavy (non-hydrogen) atoms. The predicted octanol–water partition coefficient (Wildman–Crippen LogP) is 3.82. The topological polar surface area (TPSA) is 84.8 Å². The number of imidazole rings is 1. The fourth-order valence-electron chi connectivity index (χ4n) is 4.18. The summed E-state index contributed by atoms with van der Waals surface area (Å²) < 4.78 is 13.5. The Kier molecular flexibility index (Phi) is 3.40. The van der Waals surface area contributed by atoms with Gasteiger partial charge in [-0.1, -0.05) is 23.4 Å². The number of aliphatic imine (C=N–C) groups is 1. The van der Waals surface area contributed by atoms with E-state index in [1.54, 1.807) is 17.5 Å². The van der Waals surface area contributed by atoms with Crippen LogP contribution in [-0.2, 0) is 4.74 Å². The Balaban J connectivity index is 1.39. The third-order valence-electron chi connectivity index (χ3n) is 5.56. The van der Waals surface area contributed by atoms with Gasteiger partial charge >= 0.3 is 6.01 Å². The molecular weight excluding hydrogens is 394 g/mol. The van der Waals surface area contributed by atoms with Gasteiger partial charge in [0.2, 0.25) is 11.1 Å². The number of ether oxygens (including phenoxy) is 1. The molecule has 148 valence electrons. The molecule has 2 aromatic heterocycles. The Labute approximate surface area is 171 Å². The molecular formula is C19H18ClN7O2. The van der Waals surface area contributed by atoms with Gasteiger partial charge in [-0.2, -0.15) is 9.99 Å². The van der Waals surface area contributed by atoms with Crippen LogP contribution in [0, 0.1) is 0 Å². The van der Waals surface area contributed by atoms with Crippen molar-refractivity contribution >= 4 is 29.8 Å². The van der Waals surface area contributed by atoms with Gasteiger partial charge in [0.15, 0.2) is 12.0 Å². The van der Waals surface area contributed by atoms with E-state index in [1.165, 1.54) is 0 Å². The molecule has 1 fully saturated rings. The van der Waals surface area contributed by atoms with Crippen molar-refractivity contribution in [1.29, 1.82) is 0 Å². The number of hydrazine groups is 1. The van der Waals surface area contributed by atoms with E-state index < -0.39 is 0 Å². The second-order valence-corrected chi connectivity index (χ2v) is 8.29. The second kappa shape index (κ2) is 5.80. The van der Waals surface area contributed by atoms with Crippen molar-refractivity contribution in [1.82, 2.24) is 19.7 Å². The summed E-state index contributed by atoms with van der Waals surface area (Å²) >= 11 is 6.38. The van der Waals surface area contributed by atoms with Crippen molar-refractivity contribution in [3.63, 3.8) is 0 Å². The van der Waals surface area contributed by atoms with Crippen LogP contribution >= 0.6 is 11.6 Å².